The molecule has 1 heterocycles. The molecule has 32 heavy (non-hydrogen) atoms. The summed E-state index contributed by atoms with van der Waals surface area (Å²) in [5, 5.41) is 20.6. The topological polar surface area (TPSA) is 163 Å². The van der Waals surface area contributed by atoms with E-state index in [2.05, 4.69) is 21.3 Å². The lowest BCUT2D eigenvalue weighted by Crippen LogP contribution is -2.59. The van der Waals surface area contributed by atoms with Crippen LogP contribution in [0.2, 0.25) is 0 Å². The average molecular weight is 456 g/mol. The van der Waals surface area contributed by atoms with Gasteiger partial charge < -0.3 is 32.1 Å². The number of carboxylic acids is 1. The molecule has 0 bridgehead atoms. The third-order valence-electron chi connectivity index (χ3n) is 5.98. The average Bonchev–Trinajstić information content (AvgIpc) is 3.28. The van der Waals surface area contributed by atoms with Gasteiger partial charge in [-0.25, -0.2) is 4.79 Å². The Bertz CT molecular complexity index is 636. The normalized spacial score (nSPS) is 19.6. The number of rotatable bonds is 14. The van der Waals surface area contributed by atoms with Gasteiger partial charge in [0.05, 0.1) is 6.04 Å². The Hall–Kier alpha value is -2.20. The fourth-order valence-corrected chi connectivity index (χ4v) is 3.65. The van der Waals surface area contributed by atoms with Crippen molar-refractivity contribution in [3.05, 3.63) is 0 Å². The minimum atomic E-state index is -1.13. The SMILES string of the molecule is CCC(C)C(NC(=O)C1CCCN1)C(=O)NC(CCCCN)C(=O)NC(C(=O)O)C(C)C. The second kappa shape index (κ2) is 14.1. The molecule has 3 amide bonds. The van der Waals surface area contributed by atoms with E-state index in [9.17, 15) is 24.3 Å². The highest BCUT2D eigenvalue weighted by atomic mass is 16.4. The second-order valence-electron chi connectivity index (χ2n) is 8.93. The summed E-state index contributed by atoms with van der Waals surface area (Å²) in [6, 6.07) is -3.09. The van der Waals surface area contributed by atoms with Gasteiger partial charge in [-0.15, -0.1) is 0 Å². The molecule has 1 aliphatic rings. The third-order valence-corrected chi connectivity index (χ3v) is 5.98. The Kier molecular flexibility index (Phi) is 12.2. The molecule has 0 aromatic carbocycles. The number of carboxylic acid groups (broad SMARTS) is 1. The van der Waals surface area contributed by atoms with Crippen LogP contribution in [0.25, 0.3) is 0 Å². The molecule has 1 saturated heterocycles. The molecule has 5 atom stereocenters. The van der Waals surface area contributed by atoms with Crippen LogP contribution < -0.4 is 27.0 Å². The fraction of sp³-hybridized carbons (Fsp3) is 0.818. The van der Waals surface area contributed by atoms with Crippen LogP contribution in [0.4, 0.5) is 0 Å². The van der Waals surface area contributed by atoms with Gasteiger partial charge in [-0.05, 0) is 57.0 Å². The molecule has 0 aromatic rings. The van der Waals surface area contributed by atoms with Gasteiger partial charge in [0.1, 0.15) is 18.1 Å². The molecule has 184 valence electrons. The van der Waals surface area contributed by atoms with Gasteiger partial charge in [0, 0.05) is 0 Å². The van der Waals surface area contributed by atoms with Gasteiger partial charge >= 0.3 is 5.97 Å². The Morgan fingerprint density at radius 1 is 1.03 bits per heavy atom. The summed E-state index contributed by atoms with van der Waals surface area (Å²) in [7, 11) is 0. The Morgan fingerprint density at radius 2 is 1.72 bits per heavy atom. The van der Waals surface area contributed by atoms with Crippen molar-refractivity contribution in [2.24, 2.45) is 17.6 Å². The summed E-state index contributed by atoms with van der Waals surface area (Å²) in [4.78, 5) is 50.1. The molecular weight excluding hydrogens is 414 g/mol. The zero-order chi connectivity index (χ0) is 24.3. The number of amides is 3. The highest BCUT2D eigenvalue weighted by molar-refractivity contribution is 5.94. The quantitative estimate of drug-likeness (QED) is 0.202. The summed E-state index contributed by atoms with van der Waals surface area (Å²) in [5.41, 5.74) is 5.55. The molecule has 10 heteroatoms. The summed E-state index contributed by atoms with van der Waals surface area (Å²) >= 11 is 0. The molecule has 0 spiro atoms. The Morgan fingerprint density at radius 3 is 2.22 bits per heavy atom. The molecule has 0 aromatic heterocycles. The van der Waals surface area contributed by atoms with Gasteiger partial charge in [0.2, 0.25) is 17.7 Å². The first-order valence-electron chi connectivity index (χ1n) is 11.7. The number of hydrogen-bond donors (Lipinski definition) is 6. The summed E-state index contributed by atoms with van der Waals surface area (Å²) in [5.74, 6) is -2.82. The maximum atomic E-state index is 13.1. The Labute approximate surface area is 190 Å². The zero-order valence-electron chi connectivity index (χ0n) is 19.8. The monoisotopic (exact) mass is 455 g/mol. The number of carbonyl (C=O) groups excluding carboxylic acids is 3. The predicted octanol–water partition coefficient (Wildman–Crippen LogP) is 0.109. The smallest absolute Gasteiger partial charge is 0.326 e. The maximum Gasteiger partial charge on any atom is 0.326 e. The highest BCUT2D eigenvalue weighted by Gasteiger charge is 2.33. The van der Waals surface area contributed by atoms with E-state index in [0.29, 0.717) is 32.2 Å². The van der Waals surface area contributed by atoms with Crippen LogP contribution in [0.5, 0.6) is 0 Å². The van der Waals surface area contributed by atoms with Gasteiger partial charge in [0.25, 0.3) is 0 Å². The first-order chi connectivity index (χ1) is 15.1. The molecule has 0 aliphatic carbocycles. The van der Waals surface area contributed by atoms with Gasteiger partial charge in [-0.1, -0.05) is 34.1 Å². The van der Waals surface area contributed by atoms with Crippen LogP contribution >= 0.6 is 0 Å². The van der Waals surface area contributed by atoms with Gasteiger partial charge in [-0.2, -0.15) is 0 Å². The van der Waals surface area contributed by atoms with Gasteiger partial charge in [-0.3, -0.25) is 14.4 Å². The molecule has 10 nitrogen and oxygen atoms in total. The van der Waals surface area contributed by atoms with Crippen LogP contribution in [-0.2, 0) is 19.2 Å². The van der Waals surface area contributed by atoms with E-state index >= 15 is 0 Å². The lowest BCUT2D eigenvalue weighted by atomic mass is 9.96. The number of unbranched alkanes of at least 4 members (excludes halogenated alkanes) is 1. The van der Waals surface area contributed by atoms with E-state index in [4.69, 9.17) is 5.73 Å². The summed E-state index contributed by atoms with van der Waals surface area (Å²) in [6.07, 6.45) is 3.88. The first-order valence-corrected chi connectivity index (χ1v) is 11.7. The number of carbonyl (C=O) groups is 4. The van der Waals surface area contributed by atoms with E-state index in [1.807, 2.05) is 13.8 Å². The van der Waals surface area contributed by atoms with Crippen LogP contribution in [0.1, 0.15) is 66.2 Å². The largest absolute Gasteiger partial charge is 0.480 e. The van der Waals surface area contributed by atoms with Crippen molar-refractivity contribution in [3.8, 4) is 0 Å². The van der Waals surface area contributed by atoms with E-state index < -0.39 is 35.9 Å². The van der Waals surface area contributed by atoms with E-state index in [1.54, 1.807) is 13.8 Å². The van der Waals surface area contributed by atoms with Crippen LogP contribution in [0, 0.1) is 11.8 Å². The molecular formula is C22H41N5O5. The molecule has 1 rings (SSSR count). The molecule has 1 aliphatic heterocycles. The van der Waals surface area contributed by atoms with Crippen molar-refractivity contribution in [3.63, 3.8) is 0 Å². The van der Waals surface area contributed by atoms with Crippen molar-refractivity contribution in [1.29, 1.82) is 0 Å². The number of aliphatic carboxylic acids is 1. The van der Waals surface area contributed by atoms with Crippen LogP contribution in [0.15, 0.2) is 0 Å². The molecule has 7 N–H and O–H groups in total. The number of hydrogen-bond acceptors (Lipinski definition) is 6. The minimum Gasteiger partial charge on any atom is -0.480 e. The lowest BCUT2D eigenvalue weighted by molar-refractivity contribution is -0.143. The van der Waals surface area contributed by atoms with Crippen LogP contribution in [-0.4, -0.2) is 66.1 Å². The van der Waals surface area contributed by atoms with Crippen LogP contribution in [0.3, 0.4) is 0 Å². The van der Waals surface area contributed by atoms with Crippen molar-refractivity contribution in [2.45, 2.75) is 90.4 Å². The number of nitrogens with one attached hydrogen (secondary N) is 4. The second-order valence-corrected chi connectivity index (χ2v) is 8.93. The van der Waals surface area contributed by atoms with E-state index in [-0.39, 0.29) is 23.8 Å². The van der Waals surface area contributed by atoms with Crippen molar-refractivity contribution in [1.82, 2.24) is 21.3 Å². The zero-order valence-corrected chi connectivity index (χ0v) is 19.8. The van der Waals surface area contributed by atoms with E-state index in [0.717, 1.165) is 19.4 Å². The highest BCUT2D eigenvalue weighted by Crippen LogP contribution is 2.12. The standard InChI is InChI=1S/C22H41N5O5/c1-5-14(4)18(27-19(28)15-10-8-12-24-15)21(30)25-16(9-6-7-11-23)20(29)26-17(13(2)3)22(31)32/h13-18,24H,5-12,23H2,1-4H3,(H,25,30)(H,26,29)(H,27,28)(H,31,32). The third kappa shape index (κ3) is 8.74. The fourth-order valence-electron chi connectivity index (χ4n) is 3.65. The first kappa shape index (κ1) is 27.8. The molecule has 5 unspecified atom stereocenters. The van der Waals surface area contributed by atoms with Crippen molar-refractivity contribution < 1.29 is 24.3 Å². The summed E-state index contributed by atoms with van der Waals surface area (Å²) < 4.78 is 0. The van der Waals surface area contributed by atoms with Gasteiger partial charge in [0.15, 0.2) is 0 Å². The van der Waals surface area contributed by atoms with Crippen molar-refractivity contribution >= 4 is 23.7 Å². The lowest BCUT2D eigenvalue weighted by Gasteiger charge is -2.28. The van der Waals surface area contributed by atoms with E-state index in [1.165, 1.54) is 0 Å². The number of nitrogens with two attached hydrogens (primary N) is 1. The Balaban J connectivity index is 2.94. The minimum absolute atomic E-state index is 0.143. The predicted molar refractivity (Wildman–Crippen MR) is 122 cm³/mol. The molecule has 0 radical (unpaired) electrons. The van der Waals surface area contributed by atoms with Crippen molar-refractivity contribution in [2.75, 3.05) is 13.1 Å². The molecule has 0 saturated carbocycles. The summed E-state index contributed by atoms with van der Waals surface area (Å²) in [6.45, 7) is 8.42. The molecule has 1 fully saturated rings. The maximum absolute atomic E-state index is 13.1.